The number of nitrogens with zero attached hydrogens (tertiary/aromatic N) is 2. The Labute approximate surface area is 153 Å². The van der Waals surface area contributed by atoms with Gasteiger partial charge in [0.1, 0.15) is 6.04 Å². The minimum absolute atomic E-state index is 0. The minimum atomic E-state index is -0.420. The quantitative estimate of drug-likeness (QED) is 0.736. The number of likely N-dealkylation sites (N-methyl/N-ethyl adjacent to an activating group) is 1. The first-order valence-corrected chi connectivity index (χ1v) is 8.04. The van der Waals surface area contributed by atoms with Gasteiger partial charge >= 0.3 is 0 Å². The highest BCUT2D eigenvalue weighted by Gasteiger charge is 2.22. The van der Waals surface area contributed by atoms with E-state index in [1.165, 1.54) is 5.39 Å². The van der Waals surface area contributed by atoms with Crippen LogP contribution in [0.15, 0.2) is 54.9 Å². The minimum Gasteiger partial charge on any atom is -0.348 e. The molecule has 1 heterocycles. The van der Waals surface area contributed by atoms with Crippen LogP contribution in [0, 0.1) is 0 Å². The van der Waals surface area contributed by atoms with Crippen molar-refractivity contribution in [3.8, 4) is 0 Å². The summed E-state index contributed by atoms with van der Waals surface area (Å²) in [5, 5.41) is 12.6. The van der Waals surface area contributed by atoms with Crippen LogP contribution < -0.4 is 10.6 Å². The monoisotopic (exact) mass is 358 g/mol. The third-order valence-corrected chi connectivity index (χ3v) is 4.26. The molecule has 0 saturated carbocycles. The van der Waals surface area contributed by atoms with E-state index in [4.69, 9.17) is 0 Å². The molecule has 1 aromatic heterocycles. The molecule has 0 saturated heterocycles. The van der Waals surface area contributed by atoms with E-state index in [1.807, 2.05) is 38.4 Å². The Balaban J connectivity index is 0.00000225. The standard InChI is InChI=1S/C19H22N4O.ClH/c1-13(16-10-6-8-14-7-4-5-9-17(14)16)22-19(24)18(20-2)15-11-21-23(3)12-15;/h4-13,18,20H,1-3H3,(H,22,24);1H. The summed E-state index contributed by atoms with van der Waals surface area (Å²) in [6.45, 7) is 2.01. The van der Waals surface area contributed by atoms with Crippen LogP contribution in [0.5, 0.6) is 0 Å². The first kappa shape index (κ1) is 19.0. The van der Waals surface area contributed by atoms with E-state index >= 15 is 0 Å². The first-order valence-electron chi connectivity index (χ1n) is 8.04. The van der Waals surface area contributed by atoms with Crippen molar-refractivity contribution < 1.29 is 4.79 Å². The van der Waals surface area contributed by atoms with Crippen molar-refractivity contribution in [2.45, 2.75) is 19.0 Å². The molecule has 0 bridgehead atoms. The van der Waals surface area contributed by atoms with Gasteiger partial charge < -0.3 is 10.6 Å². The van der Waals surface area contributed by atoms with Crippen LogP contribution in [0.25, 0.3) is 10.8 Å². The average Bonchev–Trinajstić information content (AvgIpc) is 3.01. The first-order chi connectivity index (χ1) is 11.6. The number of halogens is 1. The molecular formula is C19H23ClN4O. The number of rotatable bonds is 5. The molecule has 1 amide bonds. The van der Waals surface area contributed by atoms with Crippen molar-refractivity contribution in [3.05, 3.63) is 66.0 Å². The number of hydrogen-bond acceptors (Lipinski definition) is 3. The third kappa shape index (κ3) is 4.00. The molecule has 2 aromatic carbocycles. The van der Waals surface area contributed by atoms with Crippen molar-refractivity contribution in [2.24, 2.45) is 7.05 Å². The number of aromatic nitrogens is 2. The molecule has 2 unspecified atom stereocenters. The Kier molecular flexibility index (Phi) is 6.17. The zero-order valence-corrected chi connectivity index (χ0v) is 15.4. The SMILES string of the molecule is CNC(C(=O)NC(C)c1cccc2ccccc12)c1cnn(C)c1.Cl. The Morgan fingerprint density at radius 1 is 1.16 bits per heavy atom. The highest BCUT2D eigenvalue weighted by atomic mass is 35.5. The molecule has 0 spiro atoms. The molecule has 132 valence electrons. The van der Waals surface area contributed by atoms with E-state index in [-0.39, 0.29) is 24.4 Å². The lowest BCUT2D eigenvalue weighted by atomic mass is 9.99. The fourth-order valence-corrected chi connectivity index (χ4v) is 3.04. The predicted octanol–water partition coefficient (Wildman–Crippen LogP) is 3.13. The number of benzene rings is 2. The number of hydrogen-bond donors (Lipinski definition) is 2. The Bertz CT molecular complexity index is 856. The fourth-order valence-electron chi connectivity index (χ4n) is 3.04. The second-order valence-electron chi connectivity index (χ2n) is 5.97. The van der Waals surface area contributed by atoms with E-state index in [2.05, 4.69) is 40.0 Å². The molecule has 2 N–H and O–H groups in total. The molecule has 0 fully saturated rings. The fraction of sp³-hybridized carbons (Fsp3) is 0.263. The Hall–Kier alpha value is -2.37. The van der Waals surface area contributed by atoms with Crippen molar-refractivity contribution in [1.82, 2.24) is 20.4 Å². The molecule has 2 atom stereocenters. The molecule has 3 aromatic rings. The van der Waals surface area contributed by atoms with Gasteiger partial charge in [-0.3, -0.25) is 9.48 Å². The lowest BCUT2D eigenvalue weighted by molar-refractivity contribution is -0.123. The van der Waals surface area contributed by atoms with E-state index in [0.717, 1.165) is 16.5 Å². The number of amides is 1. The van der Waals surface area contributed by atoms with E-state index in [1.54, 1.807) is 17.9 Å². The number of carbonyl (C=O) groups is 1. The molecule has 25 heavy (non-hydrogen) atoms. The van der Waals surface area contributed by atoms with Crippen LogP contribution >= 0.6 is 12.4 Å². The van der Waals surface area contributed by atoms with Gasteiger partial charge in [0.2, 0.25) is 5.91 Å². The summed E-state index contributed by atoms with van der Waals surface area (Å²) in [6, 6.07) is 13.9. The molecule has 6 heteroatoms. The zero-order valence-electron chi connectivity index (χ0n) is 14.6. The molecule has 0 aliphatic rings. The van der Waals surface area contributed by atoms with Crippen molar-refractivity contribution >= 4 is 29.1 Å². The smallest absolute Gasteiger partial charge is 0.242 e. The van der Waals surface area contributed by atoms with Crippen LogP contribution in [0.4, 0.5) is 0 Å². The van der Waals surface area contributed by atoms with Crippen LogP contribution in [0.1, 0.15) is 30.1 Å². The number of nitrogens with one attached hydrogen (secondary N) is 2. The Morgan fingerprint density at radius 2 is 1.88 bits per heavy atom. The van der Waals surface area contributed by atoms with Gasteiger partial charge in [-0.15, -0.1) is 12.4 Å². The van der Waals surface area contributed by atoms with E-state index in [0.29, 0.717) is 0 Å². The van der Waals surface area contributed by atoms with Gasteiger partial charge in [-0.05, 0) is 30.3 Å². The summed E-state index contributed by atoms with van der Waals surface area (Å²) >= 11 is 0. The van der Waals surface area contributed by atoms with Gasteiger partial charge in [0.15, 0.2) is 0 Å². The molecule has 0 aliphatic carbocycles. The largest absolute Gasteiger partial charge is 0.348 e. The molecule has 0 aliphatic heterocycles. The van der Waals surface area contributed by atoms with Crippen molar-refractivity contribution in [3.63, 3.8) is 0 Å². The third-order valence-electron chi connectivity index (χ3n) is 4.26. The number of aryl methyl sites for hydroxylation is 1. The lowest BCUT2D eigenvalue weighted by Crippen LogP contribution is -2.37. The van der Waals surface area contributed by atoms with Gasteiger partial charge in [-0.25, -0.2) is 0 Å². The van der Waals surface area contributed by atoms with Gasteiger partial charge in [-0.1, -0.05) is 42.5 Å². The van der Waals surface area contributed by atoms with Crippen LogP contribution in [0.2, 0.25) is 0 Å². The maximum absolute atomic E-state index is 12.7. The van der Waals surface area contributed by atoms with Gasteiger partial charge in [0.05, 0.1) is 12.2 Å². The maximum Gasteiger partial charge on any atom is 0.242 e. The number of carbonyl (C=O) groups excluding carboxylic acids is 1. The van der Waals surface area contributed by atoms with Crippen LogP contribution in [0.3, 0.4) is 0 Å². The topological polar surface area (TPSA) is 59.0 Å². The van der Waals surface area contributed by atoms with Gasteiger partial charge in [0.25, 0.3) is 0 Å². The maximum atomic E-state index is 12.7. The molecule has 0 radical (unpaired) electrons. The summed E-state index contributed by atoms with van der Waals surface area (Å²) in [7, 11) is 3.62. The summed E-state index contributed by atoms with van der Waals surface area (Å²) in [5.41, 5.74) is 1.96. The summed E-state index contributed by atoms with van der Waals surface area (Å²) in [6.07, 6.45) is 3.56. The van der Waals surface area contributed by atoms with E-state index in [9.17, 15) is 4.79 Å². The predicted molar refractivity (Wildman–Crippen MR) is 103 cm³/mol. The zero-order chi connectivity index (χ0) is 17.1. The summed E-state index contributed by atoms with van der Waals surface area (Å²) in [4.78, 5) is 12.7. The van der Waals surface area contributed by atoms with Crippen molar-refractivity contribution in [2.75, 3.05) is 7.05 Å². The second kappa shape index (κ2) is 8.14. The van der Waals surface area contributed by atoms with Crippen molar-refractivity contribution in [1.29, 1.82) is 0 Å². The Morgan fingerprint density at radius 3 is 2.56 bits per heavy atom. The van der Waals surface area contributed by atoms with Crippen LogP contribution in [-0.4, -0.2) is 22.7 Å². The average molecular weight is 359 g/mol. The number of fused-ring (bicyclic) bond motifs is 1. The molecule has 3 rings (SSSR count). The molecule has 5 nitrogen and oxygen atoms in total. The second-order valence-corrected chi connectivity index (χ2v) is 5.97. The van der Waals surface area contributed by atoms with Crippen LogP contribution in [-0.2, 0) is 11.8 Å². The van der Waals surface area contributed by atoms with Gasteiger partial charge in [0, 0.05) is 18.8 Å². The highest BCUT2D eigenvalue weighted by Crippen LogP contribution is 2.24. The summed E-state index contributed by atoms with van der Waals surface area (Å²) < 4.78 is 1.70. The lowest BCUT2D eigenvalue weighted by Gasteiger charge is -2.20. The van der Waals surface area contributed by atoms with Gasteiger partial charge in [-0.2, -0.15) is 5.10 Å². The molecular weight excluding hydrogens is 336 g/mol. The highest BCUT2D eigenvalue weighted by molar-refractivity contribution is 5.88. The normalized spacial score (nSPS) is 13.1. The van der Waals surface area contributed by atoms with E-state index < -0.39 is 6.04 Å². The summed E-state index contributed by atoms with van der Waals surface area (Å²) in [5.74, 6) is -0.0639.